The second kappa shape index (κ2) is 9.39. The van der Waals surface area contributed by atoms with E-state index in [1.165, 1.54) is 0 Å². The summed E-state index contributed by atoms with van der Waals surface area (Å²) in [6, 6.07) is 0. The minimum Gasteiger partial charge on any atom is -0.444 e. The van der Waals surface area contributed by atoms with E-state index in [0.29, 0.717) is 18.7 Å². The molecule has 0 saturated heterocycles. The van der Waals surface area contributed by atoms with E-state index in [1.807, 2.05) is 20.8 Å². The molecule has 0 rings (SSSR count). The number of carbonyl (C=O) groups excluding carboxylic acids is 2. The fourth-order valence-electron chi connectivity index (χ4n) is 1.46. The third-order valence-corrected chi connectivity index (χ3v) is 2.44. The molecule has 2 N–H and O–H groups in total. The van der Waals surface area contributed by atoms with Gasteiger partial charge in [-0.05, 0) is 40.5 Å². The molecule has 0 aromatic heterocycles. The topological polar surface area (TPSA) is 67.4 Å². The number of alkyl carbamates (subject to hydrolysis) is 1. The maximum Gasteiger partial charge on any atom is 0.407 e. The molecular weight excluding hydrogens is 256 g/mol. The van der Waals surface area contributed by atoms with Gasteiger partial charge in [-0.1, -0.05) is 19.4 Å². The van der Waals surface area contributed by atoms with Gasteiger partial charge in [-0.3, -0.25) is 4.79 Å². The standard InChI is InChI=1S/C15H28N2O3/c1-12(2)13(18)16-10-8-6-7-9-11-17-14(19)20-15(3,4)5/h1,6-11H2,2-5H3,(H,16,18)(H,17,19). The molecule has 0 aromatic rings. The van der Waals surface area contributed by atoms with Gasteiger partial charge in [0.25, 0.3) is 0 Å². The SMILES string of the molecule is C=C(C)C(=O)NCCCCCCNC(=O)OC(C)(C)C. The molecule has 0 radical (unpaired) electrons. The summed E-state index contributed by atoms with van der Waals surface area (Å²) in [5.41, 5.74) is 0.0810. The predicted molar refractivity (Wildman–Crippen MR) is 80.5 cm³/mol. The highest BCUT2D eigenvalue weighted by atomic mass is 16.6. The van der Waals surface area contributed by atoms with E-state index >= 15 is 0 Å². The quantitative estimate of drug-likeness (QED) is 0.532. The molecule has 5 nitrogen and oxygen atoms in total. The Balaban J connectivity index is 3.39. The molecule has 5 heteroatoms. The maximum atomic E-state index is 11.3. The van der Waals surface area contributed by atoms with Crippen molar-refractivity contribution in [3.63, 3.8) is 0 Å². The zero-order chi connectivity index (χ0) is 15.6. The smallest absolute Gasteiger partial charge is 0.407 e. The lowest BCUT2D eigenvalue weighted by Crippen LogP contribution is -2.33. The van der Waals surface area contributed by atoms with E-state index in [0.717, 1.165) is 25.7 Å². The van der Waals surface area contributed by atoms with Crippen LogP contribution in [0.3, 0.4) is 0 Å². The average Bonchev–Trinajstić information content (AvgIpc) is 2.29. The number of amides is 2. The molecule has 0 aliphatic heterocycles. The van der Waals surface area contributed by atoms with Crippen LogP contribution < -0.4 is 10.6 Å². The molecule has 0 unspecified atom stereocenters. The minimum atomic E-state index is -0.453. The molecule has 0 heterocycles. The van der Waals surface area contributed by atoms with E-state index in [-0.39, 0.29) is 12.0 Å². The molecule has 0 bridgehead atoms. The molecule has 0 aromatic carbocycles. The Morgan fingerprint density at radius 2 is 1.50 bits per heavy atom. The zero-order valence-corrected chi connectivity index (χ0v) is 13.2. The molecule has 0 saturated carbocycles. The monoisotopic (exact) mass is 284 g/mol. The summed E-state index contributed by atoms with van der Waals surface area (Å²) >= 11 is 0. The van der Waals surface area contributed by atoms with Crippen LogP contribution in [0.15, 0.2) is 12.2 Å². The highest BCUT2D eigenvalue weighted by Gasteiger charge is 2.15. The van der Waals surface area contributed by atoms with Crippen LogP contribution in [0.4, 0.5) is 4.79 Å². The Labute approximate surface area is 122 Å². The lowest BCUT2D eigenvalue weighted by atomic mass is 10.2. The van der Waals surface area contributed by atoms with E-state index < -0.39 is 5.60 Å². The Bertz CT molecular complexity index is 333. The first-order valence-electron chi connectivity index (χ1n) is 7.13. The zero-order valence-electron chi connectivity index (χ0n) is 13.2. The highest BCUT2D eigenvalue weighted by molar-refractivity contribution is 5.91. The fraction of sp³-hybridized carbons (Fsp3) is 0.733. The number of unbranched alkanes of at least 4 members (excludes halogenated alkanes) is 3. The summed E-state index contributed by atoms with van der Waals surface area (Å²) in [7, 11) is 0. The number of ether oxygens (including phenoxy) is 1. The Morgan fingerprint density at radius 1 is 1.00 bits per heavy atom. The van der Waals surface area contributed by atoms with Gasteiger partial charge in [-0.2, -0.15) is 0 Å². The molecule has 20 heavy (non-hydrogen) atoms. The largest absolute Gasteiger partial charge is 0.444 e. The number of carbonyl (C=O) groups is 2. The lowest BCUT2D eigenvalue weighted by molar-refractivity contribution is -0.117. The summed E-state index contributed by atoms with van der Waals surface area (Å²) in [6.07, 6.45) is 3.51. The van der Waals surface area contributed by atoms with Gasteiger partial charge >= 0.3 is 6.09 Å². The van der Waals surface area contributed by atoms with Crippen molar-refractivity contribution in [2.75, 3.05) is 13.1 Å². The van der Waals surface area contributed by atoms with Gasteiger partial charge in [0.05, 0.1) is 0 Å². The van der Waals surface area contributed by atoms with E-state index in [2.05, 4.69) is 17.2 Å². The third kappa shape index (κ3) is 11.6. The van der Waals surface area contributed by atoms with Crippen molar-refractivity contribution in [3.05, 3.63) is 12.2 Å². The summed E-state index contributed by atoms with van der Waals surface area (Å²) < 4.78 is 5.13. The summed E-state index contributed by atoms with van der Waals surface area (Å²) in [5.74, 6) is -0.0865. The van der Waals surface area contributed by atoms with Gasteiger partial charge in [-0.25, -0.2) is 4.79 Å². The molecule has 0 spiro atoms. The molecule has 0 fully saturated rings. The van der Waals surface area contributed by atoms with E-state index in [4.69, 9.17) is 4.74 Å². The second-order valence-corrected chi connectivity index (χ2v) is 5.88. The molecule has 116 valence electrons. The first-order valence-corrected chi connectivity index (χ1v) is 7.13. The first-order chi connectivity index (χ1) is 9.22. The van der Waals surface area contributed by atoms with E-state index in [9.17, 15) is 9.59 Å². The summed E-state index contributed by atoms with van der Waals surface area (Å²) in [5, 5.41) is 5.51. The van der Waals surface area contributed by atoms with Crippen LogP contribution in [-0.4, -0.2) is 30.7 Å². The van der Waals surface area contributed by atoms with Crippen molar-refractivity contribution in [3.8, 4) is 0 Å². The van der Waals surface area contributed by atoms with Crippen molar-refractivity contribution in [2.24, 2.45) is 0 Å². The van der Waals surface area contributed by atoms with Gasteiger partial charge in [0.2, 0.25) is 5.91 Å². The summed E-state index contributed by atoms with van der Waals surface area (Å²) in [6.45, 7) is 12.1. The number of rotatable bonds is 8. The fourth-order valence-corrected chi connectivity index (χ4v) is 1.46. The Kier molecular flexibility index (Phi) is 8.68. The van der Waals surface area contributed by atoms with Crippen LogP contribution in [-0.2, 0) is 9.53 Å². The van der Waals surface area contributed by atoms with Gasteiger partial charge < -0.3 is 15.4 Å². The predicted octanol–water partition coefficient (Wildman–Crippen LogP) is 2.76. The van der Waals surface area contributed by atoms with Gasteiger partial charge in [-0.15, -0.1) is 0 Å². The number of nitrogens with one attached hydrogen (secondary N) is 2. The van der Waals surface area contributed by atoms with Crippen LogP contribution in [0, 0.1) is 0 Å². The van der Waals surface area contributed by atoms with Crippen LogP contribution in [0.1, 0.15) is 53.4 Å². The molecule has 2 amide bonds. The van der Waals surface area contributed by atoms with Crippen LogP contribution in [0.5, 0.6) is 0 Å². The first kappa shape index (κ1) is 18.5. The lowest BCUT2D eigenvalue weighted by Gasteiger charge is -2.19. The molecule has 0 atom stereocenters. The number of hydrogen-bond acceptors (Lipinski definition) is 3. The van der Waals surface area contributed by atoms with E-state index in [1.54, 1.807) is 6.92 Å². The van der Waals surface area contributed by atoms with Crippen molar-refractivity contribution in [1.82, 2.24) is 10.6 Å². The third-order valence-electron chi connectivity index (χ3n) is 2.44. The normalized spacial score (nSPS) is 10.8. The Hall–Kier alpha value is -1.52. The molecular formula is C15H28N2O3. The van der Waals surface area contributed by atoms with Gasteiger partial charge in [0.15, 0.2) is 0 Å². The van der Waals surface area contributed by atoms with Crippen LogP contribution in [0.2, 0.25) is 0 Å². The molecule has 0 aliphatic carbocycles. The number of hydrogen-bond donors (Lipinski definition) is 2. The molecule has 0 aliphatic rings. The van der Waals surface area contributed by atoms with Crippen LogP contribution in [0.25, 0.3) is 0 Å². The summed E-state index contributed by atoms with van der Waals surface area (Å²) in [4.78, 5) is 22.5. The Morgan fingerprint density at radius 3 is 1.95 bits per heavy atom. The van der Waals surface area contributed by atoms with Crippen molar-refractivity contribution in [1.29, 1.82) is 0 Å². The van der Waals surface area contributed by atoms with Crippen molar-refractivity contribution < 1.29 is 14.3 Å². The van der Waals surface area contributed by atoms with Crippen LogP contribution >= 0.6 is 0 Å². The van der Waals surface area contributed by atoms with Gasteiger partial charge in [0, 0.05) is 18.7 Å². The second-order valence-electron chi connectivity index (χ2n) is 5.88. The average molecular weight is 284 g/mol. The van der Waals surface area contributed by atoms with Crippen molar-refractivity contribution >= 4 is 12.0 Å². The minimum absolute atomic E-state index is 0.0865. The maximum absolute atomic E-state index is 11.3. The van der Waals surface area contributed by atoms with Gasteiger partial charge in [0.1, 0.15) is 5.60 Å². The van der Waals surface area contributed by atoms with Crippen molar-refractivity contribution in [2.45, 2.75) is 59.0 Å². The highest BCUT2D eigenvalue weighted by Crippen LogP contribution is 2.06.